The molecule has 10 heteroatoms. The maximum absolute atomic E-state index is 12.4. The number of ether oxygens (including phenoxy) is 1. The smallest absolute Gasteiger partial charge is 0.407 e. The monoisotopic (exact) mass is 452 g/mol. The van der Waals surface area contributed by atoms with Gasteiger partial charge in [-0.3, -0.25) is 15.1 Å². The fourth-order valence-corrected chi connectivity index (χ4v) is 4.57. The normalized spacial score (nSPS) is 20.3. The van der Waals surface area contributed by atoms with Gasteiger partial charge in [0.25, 0.3) is 0 Å². The number of alkyl carbamates (subject to hydrolysis) is 1. The van der Waals surface area contributed by atoms with E-state index in [2.05, 4.69) is 44.2 Å². The van der Waals surface area contributed by atoms with Crippen LogP contribution in [0.4, 0.5) is 16.2 Å². The summed E-state index contributed by atoms with van der Waals surface area (Å²) < 4.78 is 12.1. The number of pyridine rings is 1. The summed E-state index contributed by atoms with van der Waals surface area (Å²) in [5.74, 6) is 0. The number of amides is 1. The molecule has 9 nitrogen and oxygen atoms in total. The summed E-state index contributed by atoms with van der Waals surface area (Å²) in [6, 6.07) is 1.41. The molecule has 1 N–H and O–H groups in total. The van der Waals surface area contributed by atoms with Gasteiger partial charge in [0.1, 0.15) is 17.5 Å². The highest BCUT2D eigenvalue weighted by molar-refractivity contribution is 6.74. The zero-order valence-corrected chi connectivity index (χ0v) is 20.9. The van der Waals surface area contributed by atoms with E-state index in [1.165, 1.54) is 6.20 Å². The lowest BCUT2D eigenvalue weighted by molar-refractivity contribution is -0.384. The van der Waals surface area contributed by atoms with Crippen molar-refractivity contribution in [3.05, 3.63) is 28.6 Å². The van der Waals surface area contributed by atoms with E-state index in [-0.39, 0.29) is 22.9 Å². The number of aromatic nitrogens is 1. The molecule has 0 spiro atoms. The number of nitro groups is 1. The molecular formula is C21H36N4O5Si. The second-order valence-corrected chi connectivity index (χ2v) is 15.3. The third-order valence-electron chi connectivity index (χ3n) is 5.83. The molecule has 174 valence electrons. The Labute approximate surface area is 185 Å². The molecule has 0 aliphatic carbocycles. The summed E-state index contributed by atoms with van der Waals surface area (Å²) >= 11 is 0. The largest absolute Gasteiger partial charge is 0.444 e. The minimum Gasteiger partial charge on any atom is -0.444 e. The molecule has 31 heavy (non-hydrogen) atoms. The molecule has 0 radical (unpaired) electrons. The van der Waals surface area contributed by atoms with Gasteiger partial charge in [0.05, 0.1) is 17.1 Å². The standard InChI is InChI=1S/C21H36N4O5Si/c1-20(2,3)29-19(26)23-15-10-12-24(16-9-11-22-13-17(16)25(27)28)14-18(15)30-31(7,8)21(4,5)6/h9,11,13,15,18H,10,12,14H2,1-8H3,(H,23,26). The highest BCUT2D eigenvalue weighted by atomic mass is 28.4. The summed E-state index contributed by atoms with van der Waals surface area (Å²) in [6.45, 7) is 17.2. The van der Waals surface area contributed by atoms with E-state index in [0.29, 0.717) is 25.2 Å². The van der Waals surface area contributed by atoms with Gasteiger partial charge in [-0.25, -0.2) is 4.79 Å². The van der Waals surface area contributed by atoms with E-state index in [1.807, 2.05) is 25.7 Å². The molecule has 1 aliphatic heterocycles. The quantitative estimate of drug-likeness (QED) is 0.398. The van der Waals surface area contributed by atoms with Gasteiger partial charge in [0.15, 0.2) is 8.32 Å². The lowest BCUT2D eigenvalue weighted by Gasteiger charge is -2.45. The van der Waals surface area contributed by atoms with Crippen LogP contribution in [0.3, 0.4) is 0 Å². The van der Waals surface area contributed by atoms with Crippen LogP contribution in [0.25, 0.3) is 0 Å². The van der Waals surface area contributed by atoms with Crippen LogP contribution in [0.5, 0.6) is 0 Å². The van der Waals surface area contributed by atoms with Crippen LogP contribution >= 0.6 is 0 Å². The molecule has 0 aromatic carbocycles. The van der Waals surface area contributed by atoms with Crippen molar-refractivity contribution in [3.8, 4) is 0 Å². The maximum atomic E-state index is 12.4. The van der Waals surface area contributed by atoms with Gasteiger partial charge in [0, 0.05) is 19.3 Å². The third kappa shape index (κ3) is 6.64. The molecule has 0 bridgehead atoms. The number of piperidine rings is 1. The molecule has 0 saturated carbocycles. The SMILES string of the molecule is CC(C)(C)OC(=O)NC1CCN(c2ccncc2[N+](=O)[O-])CC1O[Si](C)(C)C(C)(C)C. The highest BCUT2D eigenvalue weighted by Gasteiger charge is 2.43. The van der Waals surface area contributed by atoms with Crippen molar-refractivity contribution in [3.63, 3.8) is 0 Å². The Balaban J connectivity index is 2.29. The number of hydrogen-bond acceptors (Lipinski definition) is 7. The molecule has 1 aromatic rings. The molecule has 2 rings (SSSR count). The average molecular weight is 453 g/mol. The van der Waals surface area contributed by atoms with Crippen LogP contribution in [0, 0.1) is 10.1 Å². The van der Waals surface area contributed by atoms with Crippen LogP contribution in [0.15, 0.2) is 18.5 Å². The zero-order valence-electron chi connectivity index (χ0n) is 19.9. The number of nitrogens with one attached hydrogen (secondary N) is 1. The Morgan fingerprint density at radius 3 is 2.48 bits per heavy atom. The summed E-state index contributed by atoms with van der Waals surface area (Å²) in [5, 5.41) is 14.4. The van der Waals surface area contributed by atoms with Crippen molar-refractivity contribution < 1.29 is 18.9 Å². The van der Waals surface area contributed by atoms with Gasteiger partial charge in [-0.15, -0.1) is 0 Å². The number of hydrogen-bond donors (Lipinski definition) is 1. The van der Waals surface area contributed by atoms with Gasteiger partial charge >= 0.3 is 11.8 Å². The molecule has 1 saturated heterocycles. The fraction of sp³-hybridized carbons (Fsp3) is 0.714. The summed E-state index contributed by atoms with van der Waals surface area (Å²) in [5.41, 5.74) is -0.121. The molecule has 1 amide bonds. The maximum Gasteiger partial charge on any atom is 0.407 e. The predicted molar refractivity (Wildman–Crippen MR) is 123 cm³/mol. The van der Waals surface area contributed by atoms with E-state index in [0.717, 1.165) is 0 Å². The van der Waals surface area contributed by atoms with Crippen LogP contribution in [0.1, 0.15) is 48.0 Å². The lowest BCUT2D eigenvalue weighted by atomic mass is 10.0. The van der Waals surface area contributed by atoms with Gasteiger partial charge in [-0.1, -0.05) is 20.8 Å². The van der Waals surface area contributed by atoms with Gasteiger partial charge in [-0.2, -0.15) is 0 Å². The van der Waals surface area contributed by atoms with Crippen LogP contribution in [-0.2, 0) is 9.16 Å². The summed E-state index contributed by atoms with van der Waals surface area (Å²) in [4.78, 5) is 29.4. The molecule has 2 unspecified atom stereocenters. The average Bonchev–Trinajstić information content (AvgIpc) is 2.60. The van der Waals surface area contributed by atoms with Crippen molar-refractivity contribution in [2.24, 2.45) is 0 Å². The molecule has 1 aliphatic rings. The van der Waals surface area contributed by atoms with Crippen LogP contribution in [0.2, 0.25) is 18.1 Å². The third-order valence-corrected chi connectivity index (χ3v) is 10.3. The second kappa shape index (κ2) is 9.11. The van der Waals surface area contributed by atoms with Gasteiger partial charge in [0.2, 0.25) is 0 Å². The number of carbonyl (C=O) groups excluding carboxylic acids is 1. The molecule has 1 fully saturated rings. The summed E-state index contributed by atoms with van der Waals surface area (Å²) in [6.07, 6.45) is 2.60. The van der Waals surface area contributed by atoms with Gasteiger partial charge in [-0.05, 0) is 51.4 Å². The van der Waals surface area contributed by atoms with E-state index in [9.17, 15) is 14.9 Å². The fourth-order valence-electron chi connectivity index (χ4n) is 3.22. The van der Waals surface area contributed by atoms with Crippen LogP contribution < -0.4 is 10.2 Å². The van der Waals surface area contributed by atoms with E-state index in [1.54, 1.807) is 12.3 Å². The Bertz CT molecular complexity index is 804. The van der Waals surface area contributed by atoms with Gasteiger partial charge < -0.3 is 19.4 Å². The number of carbonyl (C=O) groups is 1. The number of rotatable bonds is 5. The van der Waals surface area contributed by atoms with Crippen molar-refractivity contribution in [2.75, 3.05) is 18.0 Å². The first-order valence-electron chi connectivity index (χ1n) is 10.6. The minimum atomic E-state index is -2.16. The van der Waals surface area contributed by atoms with Crippen molar-refractivity contribution in [2.45, 2.75) is 83.8 Å². The molecule has 2 heterocycles. The van der Waals surface area contributed by atoms with Crippen molar-refractivity contribution in [1.82, 2.24) is 10.3 Å². The first-order chi connectivity index (χ1) is 14.1. The Morgan fingerprint density at radius 1 is 1.29 bits per heavy atom. The Kier molecular flexibility index (Phi) is 7.37. The molecule has 1 aromatic heterocycles. The van der Waals surface area contributed by atoms with Crippen molar-refractivity contribution in [1.29, 1.82) is 0 Å². The predicted octanol–water partition coefficient (Wildman–Crippen LogP) is 4.48. The van der Waals surface area contributed by atoms with E-state index in [4.69, 9.17) is 9.16 Å². The first-order valence-corrected chi connectivity index (χ1v) is 13.5. The zero-order chi connectivity index (χ0) is 23.6. The minimum absolute atomic E-state index is 0.0194. The van der Waals surface area contributed by atoms with Crippen molar-refractivity contribution >= 4 is 25.8 Å². The molecular weight excluding hydrogens is 416 g/mol. The lowest BCUT2D eigenvalue weighted by Crippen LogP contribution is -2.59. The Morgan fingerprint density at radius 2 is 1.94 bits per heavy atom. The topological polar surface area (TPSA) is 107 Å². The first kappa shape index (κ1) is 25.1. The van der Waals surface area contributed by atoms with E-state index < -0.39 is 24.9 Å². The molecule has 2 atom stereocenters. The second-order valence-electron chi connectivity index (χ2n) is 10.5. The van der Waals surface area contributed by atoms with E-state index >= 15 is 0 Å². The highest BCUT2D eigenvalue weighted by Crippen LogP contribution is 2.39. The Hall–Kier alpha value is -2.20. The number of anilines is 1. The van der Waals surface area contributed by atoms with Crippen LogP contribution in [-0.4, -0.2) is 55.2 Å². The summed E-state index contributed by atoms with van der Waals surface area (Å²) in [7, 11) is -2.16. The number of nitrogens with zero attached hydrogens (tertiary/aromatic N) is 3.